The Labute approximate surface area is 269 Å². The molecule has 0 saturated carbocycles. The summed E-state index contributed by atoms with van der Waals surface area (Å²) in [5, 5.41) is 13.1. The molecule has 0 aliphatic rings. The molecule has 1 unspecified atom stereocenters. The molecule has 45 heavy (non-hydrogen) atoms. The van der Waals surface area contributed by atoms with Crippen molar-refractivity contribution in [1.82, 2.24) is 5.32 Å². The van der Waals surface area contributed by atoms with Crippen molar-refractivity contribution < 1.29 is 33.7 Å². The lowest BCUT2D eigenvalue weighted by molar-refractivity contribution is -0.161. The van der Waals surface area contributed by atoms with Crippen molar-refractivity contribution in [3.8, 4) is 5.75 Å². The number of carbonyl (C=O) groups is 3. The minimum absolute atomic E-state index is 0.123. The standard InChI is InChI=1S/C36H51NO7Si/c1-26(2)24-32(38)36(41)44-33(27(3)16-17-28-12-9-8-10-13-28)14-11-15-34(39)37-31(35(40)43-22-23-45(5,6)7)25-29-18-20-30(42-4)21-19-29/h8-13,15-21,26-27,31-33,38H,14,22-25H2,1-7H3,(H,37,39)/b15-11+,17-16+/t27-,31-,32?,33-/m0/s1. The molecule has 0 radical (unpaired) electrons. The lowest BCUT2D eigenvalue weighted by Crippen LogP contribution is -2.43. The zero-order valence-electron chi connectivity index (χ0n) is 27.8. The molecule has 2 rings (SSSR count). The normalized spacial score (nSPS) is 14.6. The number of aliphatic hydroxyl groups is 1. The van der Waals surface area contributed by atoms with Crippen LogP contribution in [-0.4, -0.2) is 63.0 Å². The summed E-state index contributed by atoms with van der Waals surface area (Å²) in [6, 6.07) is 17.0. The van der Waals surface area contributed by atoms with E-state index >= 15 is 0 Å². The van der Waals surface area contributed by atoms with Crippen LogP contribution < -0.4 is 10.1 Å². The van der Waals surface area contributed by atoms with Gasteiger partial charge in [0.05, 0.1) is 13.7 Å². The van der Waals surface area contributed by atoms with Crippen LogP contribution in [0.5, 0.6) is 5.75 Å². The van der Waals surface area contributed by atoms with Crippen LogP contribution in [0.3, 0.4) is 0 Å². The molecule has 4 atom stereocenters. The third-order valence-electron chi connectivity index (χ3n) is 7.15. The summed E-state index contributed by atoms with van der Waals surface area (Å²) < 4.78 is 16.5. The maximum atomic E-state index is 13.1. The molecule has 2 aromatic rings. The predicted octanol–water partition coefficient (Wildman–Crippen LogP) is 6.22. The van der Waals surface area contributed by atoms with Crippen LogP contribution in [0, 0.1) is 11.8 Å². The molecule has 9 heteroatoms. The van der Waals surface area contributed by atoms with Crippen molar-refractivity contribution in [2.75, 3.05) is 13.7 Å². The number of methoxy groups -OCH3 is 1. The Bertz CT molecular complexity index is 1250. The molecule has 0 aromatic heterocycles. The zero-order valence-corrected chi connectivity index (χ0v) is 28.8. The fourth-order valence-corrected chi connectivity index (χ4v) is 5.08. The van der Waals surface area contributed by atoms with Crippen molar-refractivity contribution in [2.45, 2.75) is 84.0 Å². The van der Waals surface area contributed by atoms with Gasteiger partial charge in [0.15, 0.2) is 6.10 Å². The zero-order chi connectivity index (χ0) is 33.4. The van der Waals surface area contributed by atoms with Gasteiger partial charge in [0.2, 0.25) is 5.91 Å². The molecule has 2 aromatic carbocycles. The third kappa shape index (κ3) is 15.2. The Kier molecular flexibility index (Phi) is 15.8. The molecule has 0 spiro atoms. The van der Waals surface area contributed by atoms with E-state index in [9.17, 15) is 19.5 Å². The molecule has 2 N–H and O–H groups in total. The molecule has 0 saturated heterocycles. The fraction of sp³-hybridized carbons (Fsp3) is 0.472. The molecule has 0 aliphatic carbocycles. The van der Waals surface area contributed by atoms with Crippen LogP contribution in [0.15, 0.2) is 72.8 Å². The number of nitrogens with one attached hydrogen (secondary N) is 1. The Balaban J connectivity index is 2.14. The summed E-state index contributed by atoms with van der Waals surface area (Å²) in [5.41, 5.74) is 1.85. The maximum Gasteiger partial charge on any atom is 0.335 e. The highest BCUT2D eigenvalue weighted by atomic mass is 28.3. The van der Waals surface area contributed by atoms with Gasteiger partial charge in [-0.05, 0) is 47.7 Å². The number of benzene rings is 2. The van der Waals surface area contributed by atoms with Crippen LogP contribution in [0.25, 0.3) is 6.08 Å². The first-order valence-corrected chi connectivity index (χ1v) is 19.4. The molecule has 0 aliphatic heterocycles. The van der Waals surface area contributed by atoms with E-state index in [4.69, 9.17) is 14.2 Å². The fourth-order valence-electron chi connectivity index (χ4n) is 4.37. The van der Waals surface area contributed by atoms with Crippen molar-refractivity contribution in [2.24, 2.45) is 11.8 Å². The molecule has 246 valence electrons. The van der Waals surface area contributed by atoms with E-state index in [-0.39, 0.29) is 24.7 Å². The van der Waals surface area contributed by atoms with Crippen molar-refractivity contribution in [1.29, 1.82) is 0 Å². The molecule has 8 nitrogen and oxygen atoms in total. The monoisotopic (exact) mass is 637 g/mol. The van der Waals surface area contributed by atoms with Gasteiger partial charge in [-0.25, -0.2) is 9.59 Å². The molecule has 0 heterocycles. The van der Waals surface area contributed by atoms with Crippen molar-refractivity contribution in [3.05, 3.63) is 84.0 Å². The van der Waals surface area contributed by atoms with Crippen LogP contribution in [0.4, 0.5) is 0 Å². The molecule has 1 amide bonds. The summed E-state index contributed by atoms with van der Waals surface area (Å²) in [5.74, 6) is -1.04. The highest BCUT2D eigenvalue weighted by Gasteiger charge is 2.26. The second-order valence-electron chi connectivity index (χ2n) is 13.0. The number of carbonyl (C=O) groups excluding carboxylic acids is 3. The minimum Gasteiger partial charge on any atom is -0.497 e. The topological polar surface area (TPSA) is 111 Å². The third-order valence-corrected chi connectivity index (χ3v) is 8.85. The minimum atomic E-state index is -1.41. The largest absolute Gasteiger partial charge is 0.497 e. The van der Waals surface area contributed by atoms with Crippen LogP contribution in [-0.2, 0) is 30.3 Å². The Morgan fingerprint density at radius 2 is 1.62 bits per heavy atom. The van der Waals surface area contributed by atoms with E-state index in [2.05, 4.69) is 25.0 Å². The van der Waals surface area contributed by atoms with E-state index in [0.717, 1.165) is 17.2 Å². The van der Waals surface area contributed by atoms with Crippen molar-refractivity contribution in [3.63, 3.8) is 0 Å². The Hall–Kier alpha value is -3.69. The van der Waals surface area contributed by atoms with Crippen LogP contribution in [0.1, 0.15) is 44.7 Å². The second-order valence-corrected chi connectivity index (χ2v) is 18.6. The summed E-state index contributed by atoms with van der Waals surface area (Å²) in [6.07, 6.45) is 5.79. The lowest BCUT2D eigenvalue weighted by atomic mass is 9.99. The number of rotatable bonds is 18. The number of esters is 2. The highest BCUT2D eigenvalue weighted by Crippen LogP contribution is 2.19. The SMILES string of the molecule is COc1ccc(C[C@H](NC(=O)/C=C/C[C@H](OC(=O)C(O)CC(C)C)[C@@H](C)/C=C/c2ccccc2)C(=O)OCC[Si](C)(C)C)cc1. The first-order chi connectivity index (χ1) is 21.3. The number of hydrogen-bond donors (Lipinski definition) is 2. The Morgan fingerprint density at radius 3 is 2.22 bits per heavy atom. The van der Waals surface area contributed by atoms with E-state index in [1.165, 1.54) is 6.08 Å². The summed E-state index contributed by atoms with van der Waals surface area (Å²) in [6.45, 7) is 12.7. The second kappa shape index (κ2) is 19.0. The quantitative estimate of drug-likeness (QED) is 0.113. The lowest BCUT2D eigenvalue weighted by Gasteiger charge is -2.23. The smallest absolute Gasteiger partial charge is 0.335 e. The van der Waals surface area contributed by atoms with Gasteiger partial charge in [0.1, 0.15) is 17.9 Å². The first-order valence-electron chi connectivity index (χ1n) is 15.7. The first kappa shape index (κ1) is 37.5. The Morgan fingerprint density at radius 1 is 0.956 bits per heavy atom. The molecular weight excluding hydrogens is 586 g/mol. The number of amides is 1. The van der Waals surface area contributed by atoms with Gasteiger partial charge in [-0.2, -0.15) is 0 Å². The number of ether oxygens (including phenoxy) is 3. The summed E-state index contributed by atoms with van der Waals surface area (Å²) >= 11 is 0. The number of hydrogen-bond acceptors (Lipinski definition) is 7. The average molecular weight is 638 g/mol. The van der Waals surface area contributed by atoms with Crippen LogP contribution in [0.2, 0.25) is 25.7 Å². The van der Waals surface area contributed by atoms with Gasteiger partial charge in [0, 0.05) is 26.8 Å². The van der Waals surface area contributed by atoms with Gasteiger partial charge in [-0.15, -0.1) is 0 Å². The van der Waals surface area contributed by atoms with E-state index in [0.29, 0.717) is 18.8 Å². The van der Waals surface area contributed by atoms with Gasteiger partial charge in [-0.3, -0.25) is 4.79 Å². The average Bonchev–Trinajstić information content (AvgIpc) is 2.98. The maximum absolute atomic E-state index is 13.1. The summed E-state index contributed by atoms with van der Waals surface area (Å²) in [4.78, 5) is 38.8. The summed E-state index contributed by atoms with van der Waals surface area (Å²) in [7, 11) is 0.171. The van der Waals surface area contributed by atoms with E-state index < -0.39 is 44.2 Å². The highest BCUT2D eigenvalue weighted by molar-refractivity contribution is 6.76. The number of aliphatic hydroxyl groups excluding tert-OH is 1. The van der Waals surface area contributed by atoms with Gasteiger partial charge in [-0.1, -0.05) is 101 Å². The molecular formula is C36H51NO7Si. The van der Waals surface area contributed by atoms with Gasteiger partial charge in [0.25, 0.3) is 0 Å². The molecule has 0 bridgehead atoms. The van der Waals surface area contributed by atoms with E-state index in [1.807, 2.05) is 75.4 Å². The predicted molar refractivity (Wildman–Crippen MR) is 181 cm³/mol. The van der Waals surface area contributed by atoms with Gasteiger partial charge < -0.3 is 24.6 Å². The van der Waals surface area contributed by atoms with Gasteiger partial charge >= 0.3 is 11.9 Å². The molecule has 0 fully saturated rings. The van der Waals surface area contributed by atoms with E-state index in [1.54, 1.807) is 25.3 Å². The van der Waals surface area contributed by atoms with Crippen LogP contribution >= 0.6 is 0 Å². The van der Waals surface area contributed by atoms with Crippen molar-refractivity contribution >= 4 is 32.0 Å².